The third-order valence-electron chi connectivity index (χ3n) is 4.17. The van der Waals surface area contributed by atoms with Gasteiger partial charge in [0, 0.05) is 0 Å². The van der Waals surface area contributed by atoms with E-state index in [2.05, 4.69) is 65.8 Å². The fourth-order valence-corrected chi connectivity index (χ4v) is 3.31. The van der Waals surface area contributed by atoms with E-state index in [1.807, 2.05) is 0 Å². The summed E-state index contributed by atoms with van der Waals surface area (Å²) in [6.07, 6.45) is 3.82. The molecule has 0 fully saturated rings. The van der Waals surface area contributed by atoms with Gasteiger partial charge in [0.15, 0.2) is 0 Å². The summed E-state index contributed by atoms with van der Waals surface area (Å²) in [6, 6.07) is 9.04. The van der Waals surface area contributed by atoms with Crippen molar-refractivity contribution >= 4 is 0 Å². The summed E-state index contributed by atoms with van der Waals surface area (Å²) in [5.41, 5.74) is 3.13. The van der Waals surface area contributed by atoms with Gasteiger partial charge in [-0.1, -0.05) is 65.8 Å². The van der Waals surface area contributed by atoms with E-state index in [-0.39, 0.29) is 0 Å². The summed E-state index contributed by atoms with van der Waals surface area (Å²) >= 11 is 0. The molecule has 0 aliphatic heterocycles. The Labute approximate surface area is 120 Å². The average molecular weight is 260 g/mol. The Bertz CT molecular complexity index is 362. The molecule has 19 heavy (non-hydrogen) atoms. The van der Waals surface area contributed by atoms with Gasteiger partial charge in [0.05, 0.1) is 0 Å². The van der Waals surface area contributed by atoms with Crippen LogP contribution in [0.5, 0.6) is 0 Å². The van der Waals surface area contributed by atoms with Crippen LogP contribution in [-0.2, 0) is 6.42 Å². The first kappa shape index (κ1) is 16.3. The van der Waals surface area contributed by atoms with Crippen molar-refractivity contribution in [3.05, 3.63) is 35.4 Å². The molecule has 0 bridgehead atoms. The Morgan fingerprint density at radius 2 is 1.53 bits per heavy atom. The monoisotopic (exact) mass is 260 g/mol. The Hall–Kier alpha value is -0.780. The Morgan fingerprint density at radius 3 is 2.05 bits per heavy atom. The molecule has 1 aromatic carbocycles. The van der Waals surface area contributed by atoms with Crippen molar-refractivity contribution in [2.75, 3.05) is 0 Å². The summed E-state index contributed by atoms with van der Waals surface area (Å²) in [5.74, 6) is 3.06. The third-order valence-corrected chi connectivity index (χ3v) is 4.17. The van der Waals surface area contributed by atoms with Crippen LogP contribution in [0.25, 0.3) is 0 Å². The predicted molar refractivity (Wildman–Crippen MR) is 86.6 cm³/mol. The van der Waals surface area contributed by atoms with Crippen molar-refractivity contribution in [2.45, 2.75) is 66.7 Å². The van der Waals surface area contributed by atoms with Crippen molar-refractivity contribution in [3.8, 4) is 0 Å². The quantitative estimate of drug-likeness (QED) is 0.559. The summed E-state index contributed by atoms with van der Waals surface area (Å²) in [5, 5.41) is 0. The van der Waals surface area contributed by atoms with Crippen molar-refractivity contribution in [1.82, 2.24) is 0 Å². The highest BCUT2D eigenvalue weighted by molar-refractivity contribution is 5.30. The Kier molecular flexibility index (Phi) is 6.62. The van der Waals surface area contributed by atoms with Crippen LogP contribution in [0.2, 0.25) is 0 Å². The normalized spacial score (nSPS) is 14.9. The van der Waals surface area contributed by atoms with Crippen LogP contribution in [0.3, 0.4) is 0 Å². The summed E-state index contributed by atoms with van der Waals surface area (Å²) in [6.45, 7) is 14.1. The average Bonchev–Trinajstić information content (AvgIpc) is 2.34. The molecule has 0 aliphatic rings. The topological polar surface area (TPSA) is 0 Å². The molecule has 0 aromatic heterocycles. The van der Waals surface area contributed by atoms with E-state index in [9.17, 15) is 0 Å². The number of hydrogen-bond donors (Lipinski definition) is 0. The molecule has 0 heteroatoms. The van der Waals surface area contributed by atoms with Gasteiger partial charge in [-0.2, -0.15) is 0 Å². The fraction of sp³-hybridized carbons (Fsp3) is 0.684. The number of hydrogen-bond acceptors (Lipinski definition) is 0. The second-order valence-corrected chi connectivity index (χ2v) is 6.87. The first-order chi connectivity index (χ1) is 8.95. The highest BCUT2D eigenvalue weighted by Crippen LogP contribution is 2.34. The van der Waals surface area contributed by atoms with Gasteiger partial charge < -0.3 is 0 Å². The van der Waals surface area contributed by atoms with E-state index in [1.54, 1.807) is 5.56 Å². The lowest BCUT2D eigenvalue weighted by Crippen LogP contribution is -2.14. The minimum atomic E-state index is 0.713. The predicted octanol–water partition coefficient (Wildman–Crippen LogP) is 6.06. The van der Waals surface area contributed by atoms with Crippen molar-refractivity contribution in [3.63, 3.8) is 0 Å². The number of benzene rings is 1. The van der Waals surface area contributed by atoms with E-state index in [0.29, 0.717) is 5.92 Å². The van der Waals surface area contributed by atoms with Gasteiger partial charge in [0.25, 0.3) is 0 Å². The largest absolute Gasteiger partial charge is 0.0628 e. The highest BCUT2D eigenvalue weighted by atomic mass is 14.3. The number of rotatable bonds is 7. The van der Waals surface area contributed by atoms with Crippen LogP contribution in [0.15, 0.2) is 24.3 Å². The smallest absolute Gasteiger partial charge is 0.0134 e. The van der Waals surface area contributed by atoms with E-state index >= 15 is 0 Å². The molecule has 0 nitrogen and oxygen atoms in total. The van der Waals surface area contributed by atoms with Crippen LogP contribution in [0.4, 0.5) is 0 Å². The summed E-state index contributed by atoms with van der Waals surface area (Å²) in [7, 11) is 0. The van der Waals surface area contributed by atoms with Crippen molar-refractivity contribution in [2.24, 2.45) is 17.8 Å². The van der Waals surface area contributed by atoms with Gasteiger partial charge in [-0.3, -0.25) is 0 Å². The molecule has 1 unspecified atom stereocenters. The zero-order chi connectivity index (χ0) is 14.4. The van der Waals surface area contributed by atoms with E-state index in [1.165, 1.54) is 18.4 Å². The minimum Gasteiger partial charge on any atom is -0.0628 e. The Balaban J connectivity index is 2.88. The van der Waals surface area contributed by atoms with Crippen LogP contribution in [-0.4, -0.2) is 0 Å². The summed E-state index contributed by atoms with van der Waals surface area (Å²) in [4.78, 5) is 0. The standard InChI is InChI=1S/C19H32/c1-7-17-10-8-9-11-18(17)19(15(4)5)13-16(6)12-14(2)3/h8-11,14-16,19H,7,12-13H2,1-6H3/t16-,19?/m1/s1. The maximum atomic E-state index is 2.42. The van der Waals surface area contributed by atoms with Gasteiger partial charge in [-0.15, -0.1) is 0 Å². The fourth-order valence-electron chi connectivity index (χ4n) is 3.31. The van der Waals surface area contributed by atoms with Gasteiger partial charge in [0.2, 0.25) is 0 Å². The molecular weight excluding hydrogens is 228 g/mol. The summed E-state index contributed by atoms with van der Waals surface area (Å²) < 4.78 is 0. The van der Waals surface area contributed by atoms with E-state index < -0.39 is 0 Å². The minimum absolute atomic E-state index is 0.713. The van der Waals surface area contributed by atoms with Gasteiger partial charge >= 0.3 is 0 Å². The zero-order valence-electron chi connectivity index (χ0n) is 13.7. The SMILES string of the molecule is CCc1ccccc1C(C[C@H](C)CC(C)C)C(C)C. The molecule has 2 atom stereocenters. The maximum Gasteiger partial charge on any atom is -0.0134 e. The lowest BCUT2D eigenvalue weighted by atomic mass is 9.78. The third kappa shape index (κ3) is 5.01. The molecule has 0 aliphatic carbocycles. The maximum absolute atomic E-state index is 2.42. The molecule has 0 saturated heterocycles. The highest BCUT2D eigenvalue weighted by Gasteiger charge is 2.21. The molecule has 0 spiro atoms. The van der Waals surface area contributed by atoms with Crippen LogP contribution in [0.1, 0.15) is 71.4 Å². The van der Waals surface area contributed by atoms with Crippen LogP contribution in [0, 0.1) is 17.8 Å². The molecule has 0 heterocycles. The van der Waals surface area contributed by atoms with Gasteiger partial charge in [0.1, 0.15) is 0 Å². The van der Waals surface area contributed by atoms with E-state index in [0.717, 1.165) is 24.2 Å². The molecular formula is C19H32. The second kappa shape index (κ2) is 7.72. The molecule has 1 rings (SSSR count). The molecule has 108 valence electrons. The van der Waals surface area contributed by atoms with E-state index in [4.69, 9.17) is 0 Å². The van der Waals surface area contributed by atoms with Crippen molar-refractivity contribution in [1.29, 1.82) is 0 Å². The lowest BCUT2D eigenvalue weighted by molar-refractivity contribution is 0.344. The van der Waals surface area contributed by atoms with Crippen LogP contribution < -0.4 is 0 Å². The molecule has 1 aromatic rings. The Morgan fingerprint density at radius 1 is 0.895 bits per heavy atom. The lowest BCUT2D eigenvalue weighted by Gasteiger charge is -2.27. The molecule has 0 N–H and O–H groups in total. The second-order valence-electron chi connectivity index (χ2n) is 6.87. The molecule has 0 amide bonds. The van der Waals surface area contributed by atoms with Gasteiger partial charge in [-0.05, 0) is 54.1 Å². The van der Waals surface area contributed by atoms with Crippen LogP contribution >= 0.6 is 0 Å². The van der Waals surface area contributed by atoms with Crippen molar-refractivity contribution < 1.29 is 0 Å². The zero-order valence-corrected chi connectivity index (χ0v) is 13.7. The molecule has 0 radical (unpaired) electrons. The molecule has 0 saturated carbocycles. The number of aryl methyl sites for hydroxylation is 1. The van der Waals surface area contributed by atoms with Gasteiger partial charge in [-0.25, -0.2) is 0 Å². The first-order valence-corrected chi connectivity index (χ1v) is 8.03. The first-order valence-electron chi connectivity index (χ1n) is 8.03.